The average Bonchev–Trinajstić information content (AvgIpc) is 2.54. The predicted octanol–water partition coefficient (Wildman–Crippen LogP) is 1.03. The number of hydrogen-bond acceptors (Lipinski definition) is 3. The van der Waals surface area contributed by atoms with Gasteiger partial charge in [0.25, 0.3) is 0 Å². The molecule has 5 nitrogen and oxygen atoms in total. The largest absolute Gasteiger partial charge is 0.336 e. The number of piperidine rings is 1. The molecule has 0 saturated carbocycles. The molecule has 0 aromatic heterocycles. The van der Waals surface area contributed by atoms with Crippen LogP contribution in [-0.2, 0) is 16.0 Å². The fraction of sp³-hybridized carbons (Fsp3) is 0.529. The number of piperazine rings is 1. The maximum atomic E-state index is 12.2. The number of benzene rings is 1. The number of likely N-dealkylation sites (N-methyl/N-ethyl adjacent to an activating group) is 1. The zero-order chi connectivity index (χ0) is 15.5. The number of carbonyl (C=O) groups excluding carboxylic acids is 2. The van der Waals surface area contributed by atoms with Crippen molar-refractivity contribution in [2.24, 2.45) is 5.92 Å². The van der Waals surface area contributed by atoms with Crippen molar-refractivity contribution in [2.45, 2.75) is 19.3 Å². The lowest BCUT2D eigenvalue weighted by Gasteiger charge is -2.31. The molecular formula is C17H23N3O2. The zero-order valence-electron chi connectivity index (χ0n) is 13.0. The Morgan fingerprint density at radius 2 is 1.91 bits per heavy atom. The minimum absolute atomic E-state index is 0.421. The normalized spacial score (nSPS) is 20.6. The fourth-order valence-corrected chi connectivity index (χ4v) is 3.25. The van der Waals surface area contributed by atoms with Crippen LogP contribution in [0.15, 0.2) is 24.3 Å². The van der Waals surface area contributed by atoms with Crippen LogP contribution in [0.2, 0.25) is 0 Å². The van der Waals surface area contributed by atoms with Gasteiger partial charge in [0.15, 0.2) is 0 Å². The molecule has 0 unspecified atom stereocenters. The van der Waals surface area contributed by atoms with Crippen molar-refractivity contribution in [3.63, 3.8) is 0 Å². The number of rotatable bonds is 3. The number of amides is 2. The molecule has 5 heteroatoms. The second-order valence-corrected chi connectivity index (χ2v) is 6.25. The lowest BCUT2D eigenvalue weighted by atomic mass is 9.91. The van der Waals surface area contributed by atoms with Gasteiger partial charge < -0.3 is 15.1 Å². The van der Waals surface area contributed by atoms with Crippen LogP contribution >= 0.6 is 0 Å². The van der Waals surface area contributed by atoms with E-state index >= 15 is 0 Å². The molecule has 22 heavy (non-hydrogen) atoms. The summed E-state index contributed by atoms with van der Waals surface area (Å²) in [6.45, 7) is 3.34. The number of hydrogen-bond donors (Lipinski definition) is 1. The summed E-state index contributed by atoms with van der Waals surface area (Å²) in [7, 11) is 1.67. The summed E-state index contributed by atoms with van der Waals surface area (Å²) in [5.74, 6) is -0.135. The summed E-state index contributed by atoms with van der Waals surface area (Å²) in [5, 5.41) is 3.38. The second kappa shape index (κ2) is 6.48. The van der Waals surface area contributed by atoms with E-state index in [9.17, 15) is 9.59 Å². The van der Waals surface area contributed by atoms with Crippen LogP contribution in [0.5, 0.6) is 0 Å². The fourth-order valence-electron chi connectivity index (χ4n) is 3.25. The van der Waals surface area contributed by atoms with Crippen molar-refractivity contribution in [1.29, 1.82) is 0 Å². The van der Waals surface area contributed by atoms with E-state index in [0.29, 0.717) is 19.0 Å². The van der Waals surface area contributed by atoms with Crippen molar-refractivity contribution < 1.29 is 9.59 Å². The molecule has 1 aromatic carbocycles. The van der Waals surface area contributed by atoms with Crippen LogP contribution in [-0.4, -0.2) is 49.9 Å². The highest BCUT2D eigenvalue weighted by atomic mass is 16.2. The van der Waals surface area contributed by atoms with Crippen LogP contribution in [0.3, 0.4) is 0 Å². The maximum absolute atomic E-state index is 12.2. The Labute approximate surface area is 131 Å². The molecule has 2 heterocycles. The van der Waals surface area contributed by atoms with Gasteiger partial charge in [-0.1, -0.05) is 12.1 Å². The Kier molecular flexibility index (Phi) is 4.43. The maximum Gasteiger partial charge on any atom is 0.316 e. The van der Waals surface area contributed by atoms with Crippen LogP contribution in [0, 0.1) is 5.92 Å². The molecule has 2 aliphatic heterocycles. The second-order valence-electron chi connectivity index (χ2n) is 6.25. The van der Waals surface area contributed by atoms with Gasteiger partial charge in [-0.15, -0.1) is 0 Å². The molecule has 0 radical (unpaired) electrons. The van der Waals surface area contributed by atoms with Gasteiger partial charge >= 0.3 is 11.8 Å². The van der Waals surface area contributed by atoms with Crippen molar-refractivity contribution in [2.75, 3.05) is 38.1 Å². The zero-order valence-corrected chi connectivity index (χ0v) is 13.0. The van der Waals surface area contributed by atoms with Gasteiger partial charge in [0, 0.05) is 25.8 Å². The monoisotopic (exact) mass is 301 g/mol. The van der Waals surface area contributed by atoms with Crippen LogP contribution < -0.4 is 10.2 Å². The van der Waals surface area contributed by atoms with E-state index < -0.39 is 11.8 Å². The molecule has 2 saturated heterocycles. The number of anilines is 1. The van der Waals surface area contributed by atoms with Crippen molar-refractivity contribution >= 4 is 17.5 Å². The summed E-state index contributed by atoms with van der Waals surface area (Å²) in [5.41, 5.74) is 2.10. The highest BCUT2D eigenvalue weighted by molar-refractivity contribution is 6.40. The molecule has 1 aromatic rings. The van der Waals surface area contributed by atoms with E-state index in [1.807, 2.05) is 12.1 Å². The van der Waals surface area contributed by atoms with Gasteiger partial charge in [-0.3, -0.25) is 9.59 Å². The molecule has 2 fully saturated rings. The predicted molar refractivity (Wildman–Crippen MR) is 85.7 cm³/mol. The molecule has 0 atom stereocenters. The van der Waals surface area contributed by atoms with Crippen LogP contribution in [0.4, 0.5) is 5.69 Å². The average molecular weight is 301 g/mol. The summed E-state index contributed by atoms with van der Waals surface area (Å²) in [4.78, 5) is 27.1. The first-order valence-corrected chi connectivity index (χ1v) is 8.02. The van der Waals surface area contributed by atoms with Crippen LogP contribution in [0.1, 0.15) is 18.4 Å². The van der Waals surface area contributed by atoms with Gasteiger partial charge in [-0.25, -0.2) is 0 Å². The molecular weight excluding hydrogens is 278 g/mol. The molecule has 118 valence electrons. The topological polar surface area (TPSA) is 52.6 Å². The van der Waals surface area contributed by atoms with Gasteiger partial charge in [0.2, 0.25) is 0 Å². The first-order chi connectivity index (χ1) is 10.6. The molecule has 2 amide bonds. The van der Waals surface area contributed by atoms with E-state index in [0.717, 1.165) is 25.2 Å². The molecule has 1 N–H and O–H groups in total. The van der Waals surface area contributed by atoms with E-state index in [2.05, 4.69) is 17.4 Å². The van der Waals surface area contributed by atoms with Crippen LogP contribution in [0.25, 0.3) is 0 Å². The summed E-state index contributed by atoms with van der Waals surface area (Å²) >= 11 is 0. The lowest BCUT2D eigenvalue weighted by molar-refractivity contribution is -0.145. The summed E-state index contributed by atoms with van der Waals surface area (Å²) < 4.78 is 0. The first kappa shape index (κ1) is 15.0. The quantitative estimate of drug-likeness (QED) is 0.849. The minimum atomic E-state index is -0.423. The van der Waals surface area contributed by atoms with Gasteiger partial charge in [-0.05, 0) is 56.0 Å². The smallest absolute Gasteiger partial charge is 0.316 e. The number of nitrogens with zero attached hydrogens (tertiary/aromatic N) is 2. The van der Waals surface area contributed by atoms with E-state index in [1.54, 1.807) is 11.9 Å². The van der Waals surface area contributed by atoms with Gasteiger partial charge in [0.1, 0.15) is 0 Å². The third-order valence-electron chi connectivity index (χ3n) is 4.64. The number of carbonyl (C=O) groups is 2. The van der Waals surface area contributed by atoms with Gasteiger partial charge in [-0.2, -0.15) is 0 Å². The van der Waals surface area contributed by atoms with E-state index in [-0.39, 0.29) is 0 Å². The summed E-state index contributed by atoms with van der Waals surface area (Å²) in [6.07, 6.45) is 3.46. The lowest BCUT2D eigenvalue weighted by Crippen LogP contribution is -2.53. The minimum Gasteiger partial charge on any atom is -0.336 e. The first-order valence-electron chi connectivity index (χ1n) is 8.02. The Bertz CT molecular complexity index is 567. The molecule has 0 aliphatic carbocycles. The molecule has 0 spiro atoms. The Morgan fingerprint density at radius 1 is 1.14 bits per heavy atom. The third kappa shape index (κ3) is 3.14. The number of nitrogens with one attached hydrogen (secondary N) is 1. The third-order valence-corrected chi connectivity index (χ3v) is 4.64. The SMILES string of the molecule is CN1CCN(c2cccc(CC3CCNCC3)c2)C(=O)C1=O. The molecule has 0 bridgehead atoms. The van der Waals surface area contributed by atoms with Crippen molar-refractivity contribution in [3.8, 4) is 0 Å². The van der Waals surface area contributed by atoms with Crippen molar-refractivity contribution in [3.05, 3.63) is 29.8 Å². The highest BCUT2D eigenvalue weighted by Crippen LogP contribution is 2.23. The highest BCUT2D eigenvalue weighted by Gasteiger charge is 2.31. The Balaban J connectivity index is 1.73. The molecule has 3 rings (SSSR count). The standard InChI is InChI=1S/C17H23N3O2/c1-19-9-10-20(17(22)16(19)21)15-4-2-3-14(12-15)11-13-5-7-18-8-6-13/h2-4,12-13,18H,5-11H2,1H3. The Morgan fingerprint density at radius 3 is 2.68 bits per heavy atom. The summed E-state index contributed by atoms with van der Waals surface area (Å²) in [6, 6.07) is 8.09. The van der Waals surface area contributed by atoms with E-state index in [4.69, 9.17) is 0 Å². The van der Waals surface area contributed by atoms with Gasteiger partial charge in [0.05, 0.1) is 0 Å². The van der Waals surface area contributed by atoms with E-state index in [1.165, 1.54) is 23.3 Å². The Hall–Kier alpha value is -1.88. The van der Waals surface area contributed by atoms with Crippen molar-refractivity contribution in [1.82, 2.24) is 10.2 Å². The molecule has 2 aliphatic rings.